The molecule has 0 aliphatic heterocycles. The van der Waals surface area contributed by atoms with Gasteiger partial charge in [0.25, 0.3) is 0 Å². The van der Waals surface area contributed by atoms with Crippen LogP contribution in [-0.2, 0) is 0 Å². The van der Waals surface area contributed by atoms with Crippen LogP contribution in [-0.4, -0.2) is 12.4 Å². The van der Waals surface area contributed by atoms with Crippen molar-refractivity contribution in [3.8, 4) is 5.75 Å². The Hall–Kier alpha value is -0.700. The highest BCUT2D eigenvalue weighted by molar-refractivity contribution is 7.80. The monoisotopic (exact) mass is 256 g/mol. The molecule has 0 aliphatic rings. The van der Waals surface area contributed by atoms with Crippen LogP contribution in [0.15, 0.2) is 18.2 Å². The maximum absolute atomic E-state index is 13.3. The van der Waals surface area contributed by atoms with Crippen molar-refractivity contribution in [2.75, 3.05) is 12.4 Å². The summed E-state index contributed by atoms with van der Waals surface area (Å²) in [5.74, 6) is 1.17. The van der Waals surface area contributed by atoms with E-state index < -0.39 is 0 Å². The van der Waals surface area contributed by atoms with Gasteiger partial charge in [0.05, 0.1) is 6.61 Å². The van der Waals surface area contributed by atoms with Crippen LogP contribution in [0, 0.1) is 18.2 Å². The molecule has 0 heterocycles. The van der Waals surface area contributed by atoms with E-state index >= 15 is 0 Å². The fourth-order valence-electron chi connectivity index (χ4n) is 1.62. The Bertz CT molecular complexity index is 353. The first kappa shape index (κ1) is 14.4. The predicted octanol–water partition coefficient (Wildman–Crippen LogP) is 4.25. The van der Waals surface area contributed by atoms with Gasteiger partial charge in [-0.05, 0) is 37.1 Å². The van der Waals surface area contributed by atoms with Crippen molar-refractivity contribution in [1.29, 1.82) is 0 Å². The van der Waals surface area contributed by atoms with E-state index in [1.807, 2.05) is 6.07 Å². The highest BCUT2D eigenvalue weighted by Gasteiger charge is 2.25. The van der Waals surface area contributed by atoms with Gasteiger partial charge in [-0.15, -0.1) is 0 Å². The number of hydrogen-bond donors (Lipinski definition) is 1. The second-order valence-corrected chi connectivity index (χ2v) is 4.88. The minimum atomic E-state index is -0.216. The Morgan fingerprint density at radius 1 is 1.29 bits per heavy atom. The lowest BCUT2D eigenvalue weighted by atomic mass is 9.85. The molecule has 1 aromatic carbocycles. The standard InChI is InChI=1S/C14H21FOS/c1-4-14(5-2,10-17)9-16-12-7-6-11(3)13(15)8-12/h6-8,17H,4-5,9-10H2,1-3H3. The molecule has 1 nitrogen and oxygen atoms in total. The van der Waals surface area contributed by atoms with Gasteiger partial charge in [0, 0.05) is 11.5 Å². The van der Waals surface area contributed by atoms with E-state index in [1.54, 1.807) is 13.0 Å². The summed E-state index contributed by atoms with van der Waals surface area (Å²) in [6, 6.07) is 5.00. The van der Waals surface area contributed by atoms with Crippen molar-refractivity contribution >= 4 is 12.6 Å². The van der Waals surface area contributed by atoms with Gasteiger partial charge in [-0.25, -0.2) is 4.39 Å². The molecule has 0 atom stereocenters. The minimum absolute atomic E-state index is 0.0878. The Kier molecular flexibility index (Phi) is 5.31. The zero-order valence-electron chi connectivity index (χ0n) is 10.8. The summed E-state index contributed by atoms with van der Waals surface area (Å²) >= 11 is 4.39. The van der Waals surface area contributed by atoms with E-state index in [9.17, 15) is 4.39 Å². The molecule has 0 amide bonds. The second-order valence-electron chi connectivity index (χ2n) is 4.56. The van der Waals surface area contributed by atoms with Gasteiger partial charge in [0.2, 0.25) is 0 Å². The third kappa shape index (κ3) is 3.63. The summed E-state index contributed by atoms with van der Waals surface area (Å²) in [4.78, 5) is 0. The summed E-state index contributed by atoms with van der Waals surface area (Å²) in [5, 5.41) is 0. The molecule has 0 N–H and O–H groups in total. The molecule has 17 heavy (non-hydrogen) atoms. The fourth-order valence-corrected chi connectivity index (χ4v) is 2.16. The van der Waals surface area contributed by atoms with Gasteiger partial charge < -0.3 is 4.74 Å². The van der Waals surface area contributed by atoms with Gasteiger partial charge in [-0.2, -0.15) is 12.6 Å². The maximum atomic E-state index is 13.3. The first-order valence-electron chi connectivity index (χ1n) is 6.06. The quantitative estimate of drug-likeness (QED) is 0.749. The number of hydrogen-bond acceptors (Lipinski definition) is 2. The summed E-state index contributed by atoms with van der Waals surface area (Å²) in [7, 11) is 0. The van der Waals surface area contributed by atoms with E-state index in [0.717, 1.165) is 18.6 Å². The predicted molar refractivity (Wildman–Crippen MR) is 73.5 cm³/mol. The summed E-state index contributed by atoms with van der Waals surface area (Å²) in [6.45, 7) is 6.61. The van der Waals surface area contributed by atoms with Crippen LogP contribution < -0.4 is 4.74 Å². The lowest BCUT2D eigenvalue weighted by Crippen LogP contribution is -2.29. The van der Waals surface area contributed by atoms with E-state index in [-0.39, 0.29) is 11.2 Å². The number of benzene rings is 1. The SMILES string of the molecule is CCC(CC)(CS)COc1ccc(C)c(F)c1. The lowest BCUT2D eigenvalue weighted by Gasteiger charge is -2.29. The molecule has 0 fully saturated rings. The minimum Gasteiger partial charge on any atom is -0.493 e. The van der Waals surface area contributed by atoms with Crippen molar-refractivity contribution in [2.45, 2.75) is 33.6 Å². The second kappa shape index (κ2) is 6.29. The molecule has 0 aliphatic carbocycles. The third-order valence-electron chi connectivity index (χ3n) is 3.52. The van der Waals surface area contributed by atoms with E-state index in [2.05, 4.69) is 26.5 Å². The Morgan fingerprint density at radius 2 is 1.94 bits per heavy atom. The summed E-state index contributed by atoms with van der Waals surface area (Å²) in [5.41, 5.74) is 0.730. The highest BCUT2D eigenvalue weighted by atomic mass is 32.1. The normalized spacial score (nSPS) is 11.6. The highest BCUT2D eigenvalue weighted by Crippen LogP contribution is 2.29. The van der Waals surface area contributed by atoms with Crippen molar-refractivity contribution in [2.24, 2.45) is 5.41 Å². The Balaban J connectivity index is 2.68. The van der Waals surface area contributed by atoms with E-state index in [0.29, 0.717) is 17.9 Å². The van der Waals surface area contributed by atoms with Crippen molar-refractivity contribution in [1.82, 2.24) is 0 Å². The maximum Gasteiger partial charge on any atom is 0.129 e. The molecule has 0 aromatic heterocycles. The topological polar surface area (TPSA) is 9.23 Å². The molecule has 0 bridgehead atoms. The lowest BCUT2D eigenvalue weighted by molar-refractivity contribution is 0.156. The third-order valence-corrected chi connectivity index (χ3v) is 4.19. The van der Waals surface area contributed by atoms with Crippen LogP contribution in [0.2, 0.25) is 0 Å². The fraction of sp³-hybridized carbons (Fsp3) is 0.571. The molecule has 0 saturated heterocycles. The van der Waals surface area contributed by atoms with Gasteiger partial charge in [-0.3, -0.25) is 0 Å². The van der Waals surface area contributed by atoms with Gasteiger partial charge >= 0.3 is 0 Å². The van der Waals surface area contributed by atoms with Crippen molar-refractivity contribution in [3.05, 3.63) is 29.6 Å². The average Bonchev–Trinajstić information content (AvgIpc) is 2.36. The van der Waals surface area contributed by atoms with Gasteiger partial charge in [-0.1, -0.05) is 19.9 Å². The summed E-state index contributed by atoms with van der Waals surface area (Å²) in [6.07, 6.45) is 2.03. The summed E-state index contributed by atoms with van der Waals surface area (Å²) < 4.78 is 19.0. The Labute approximate surface area is 109 Å². The molecular formula is C14H21FOS. The van der Waals surface area contributed by atoms with Crippen LogP contribution in [0.4, 0.5) is 4.39 Å². The molecule has 0 saturated carbocycles. The van der Waals surface area contributed by atoms with Gasteiger partial charge in [0.1, 0.15) is 11.6 Å². The van der Waals surface area contributed by atoms with Crippen LogP contribution in [0.1, 0.15) is 32.3 Å². The number of halogens is 1. The molecule has 0 spiro atoms. The van der Waals surface area contributed by atoms with Gasteiger partial charge in [0.15, 0.2) is 0 Å². The van der Waals surface area contributed by atoms with Crippen LogP contribution in [0.25, 0.3) is 0 Å². The van der Waals surface area contributed by atoms with E-state index in [4.69, 9.17) is 4.74 Å². The largest absolute Gasteiger partial charge is 0.493 e. The molecule has 1 rings (SSSR count). The number of rotatable bonds is 6. The van der Waals surface area contributed by atoms with E-state index in [1.165, 1.54) is 6.07 Å². The van der Waals surface area contributed by atoms with Crippen molar-refractivity contribution < 1.29 is 9.13 Å². The van der Waals surface area contributed by atoms with Crippen LogP contribution in [0.3, 0.4) is 0 Å². The smallest absolute Gasteiger partial charge is 0.129 e. The molecule has 0 unspecified atom stereocenters. The molecule has 1 aromatic rings. The molecular weight excluding hydrogens is 235 g/mol. The Morgan fingerprint density at radius 3 is 2.41 bits per heavy atom. The number of thiol groups is 1. The molecule has 96 valence electrons. The van der Waals surface area contributed by atoms with Crippen LogP contribution in [0.5, 0.6) is 5.75 Å². The zero-order valence-corrected chi connectivity index (χ0v) is 11.7. The number of aryl methyl sites for hydroxylation is 1. The van der Waals surface area contributed by atoms with Crippen LogP contribution >= 0.6 is 12.6 Å². The first-order valence-corrected chi connectivity index (χ1v) is 6.70. The molecule has 0 radical (unpaired) electrons. The van der Waals surface area contributed by atoms with Crippen molar-refractivity contribution in [3.63, 3.8) is 0 Å². The number of ether oxygens (including phenoxy) is 1. The average molecular weight is 256 g/mol. The first-order chi connectivity index (χ1) is 8.06. The molecule has 3 heteroatoms. The zero-order chi connectivity index (χ0) is 12.9.